The highest BCUT2D eigenvalue weighted by atomic mass is 35.5. The highest BCUT2D eigenvalue weighted by molar-refractivity contribution is 6.29. The highest BCUT2D eigenvalue weighted by Crippen LogP contribution is 2.55. The third-order valence-electron chi connectivity index (χ3n) is 5.57. The summed E-state index contributed by atoms with van der Waals surface area (Å²) < 4.78 is 13.1. The summed E-state index contributed by atoms with van der Waals surface area (Å²) >= 11 is 5.64. The molecule has 2 atom stereocenters. The zero-order valence-electron chi connectivity index (χ0n) is 12.1. The molecule has 5 rings (SSSR count). The standard InChI is InChI=1S/C16H18ClFN2O2/c17-14-11(18)1-2-12(19-14)15(21)20-13-9-3-8-4-10(13)7-16(22,5-8)6-9/h1-2,8-10,13,22H,3-7H2,(H,20,21). The summed E-state index contributed by atoms with van der Waals surface area (Å²) in [5, 5.41) is 13.3. The van der Waals surface area contributed by atoms with Gasteiger partial charge in [0.05, 0.1) is 5.60 Å². The molecule has 0 aromatic carbocycles. The molecule has 4 aliphatic carbocycles. The predicted molar refractivity (Wildman–Crippen MR) is 79.0 cm³/mol. The van der Waals surface area contributed by atoms with Gasteiger partial charge in [-0.3, -0.25) is 4.79 Å². The summed E-state index contributed by atoms with van der Waals surface area (Å²) in [6.45, 7) is 0. The van der Waals surface area contributed by atoms with Gasteiger partial charge in [-0.1, -0.05) is 11.6 Å². The fourth-order valence-electron chi connectivity index (χ4n) is 4.99. The van der Waals surface area contributed by atoms with Crippen molar-refractivity contribution in [1.29, 1.82) is 0 Å². The van der Waals surface area contributed by atoms with Gasteiger partial charge in [0.25, 0.3) is 5.91 Å². The molecule has 2 unspecified atom stereocenters. The molecular formula is C16H18ClFN2O2. The van der Waals surface area contributed by atoms with E-state index in [-0.39, 0.29) is 22.8 Å². The number of carbonyl (C=O) groups excluding carboxylic acids is 1. The maximum atomic E-state index is 13.1. The summed E-state index contributed by atoms with van der Waals surface area (Å²) in [4.78, 5) is 16.2. The molecule has 0 spiro atoms. The van der Waals surface area contributed by atoms with Crippen LogP contribution in [0.2, 0.25) is 5.15 Å². The second-order valence-corrected chi connectivity index (χ2v) is 7.52. The van der Waals surface area contributed by atoms with Crippen molar-refractivity contribution in [2.75, 3.05) is 0 Å². The molecule has 0 saturated heterocycles. The number of hydrogen-bond donors (Lipinski definition) is 2. The predicted octanol–water partition coefficient (Wildman–Crippen LogP) is 2.54. The number of aliphatic hydroxyl groups is 1. The Labute approximate surface area is 133 Å². The van der Waals surface area contributed by atoms with Crippen molar-refractivity contribution in [3.05, 3.63) is 28.8 Å². The van der Waals surface area contributed by atoms with Crippen LogP contribution in [0.5, 0.6) is 0 Å². The average Bonchev–Trinajstić information content (AvgIpc) is 2.44. The van der Waals surface area contributed by atoms with Crippen molar-refractivity contribution in [3.63, 3.8) is 0 Å². The Morgan fingerprint density at radius 1 is 1.32 bits per heavy atom. The van der Waals surface area contributed by atoms with E-state index >= 15 is 0 Å². The minimum Gasteiger partial charge on any atom is -0.390 e. The van der Waals surface area contributed by atoms with Gasteiger partial charge in [-0.25, -0.2) is 9.37 Å². The van der Waals surface area contributed by atoms with E-state index in [2.05, 4.69) is 10.3 Å². The molecule has 1 aromatic rings. The van der Waals surface area contributed by atoms with Crippen LogP contribution in [0, 0.1) is 23.6 Å². The second-order valence-electron chi connectivity index (χ2n) is 7.16. The van der Waals surface area contributed by atoms with Crippen LogP contribution in [-0.2, 0) is 0 Å². The second kappa shape index (κ2) is 4.90. The first kappa shape index (κ1) is 14.4. The third kappa shape index (κ3) is 2.31. The number of nitrogens with zero attached hydrogens (tertiary/aromatic N) is 1. The number of carbonyl (C=O) groups is 1. The Kier molecular flexibility index (Phi) is 3.20. The SMILES string of the molecule is O=C(NC1C2CC3CC1CC(O)(C3)C2)c1ccc(F)c(Cl)n1. The molecule has 4 nitrogen and oxygen atoms in total. The van der Waals surface area contributed by atoms with Gasteiger partial charge in [0, 0.05) is 6.04 Å². The molecule has 0 radical (unpaired) electrons. The number of nitrogens with one attached hydrogen (secondary N) is 1. The van der Waals surface area contributed by atoms with Crippen LogP contribution in [0.1, 0.15) is 42.6 Å². The summed E-state index contributed by atoms with van der Waals surface area (Å²) in [5.74, 6) is 0.308. The van der Waals surface area contributed by atoms with Crippen LogP contribution in [0.15, 0.2) is 12.1 Å². The van der Waals surface area contributed by atoms with Crippen molar-refractivity contribution >= 4 is 17.5 Å². The van der Waals surface area contributed by atoms with E-state index in [0.717, 1.165) is 38.2 Å². The van der Waals surface area contributed by atoms with Crippen molar-refractivity contribution < 1.29 is 14.3 Å². The van der Waals surface area contributed by atoms with E-state index < -0.39 is 11.4 Å². The smallest absolute Gasteiger partial charge is 0.270 e. The summed E-state index contributed by atoms with van der Waals surface area (Å²) in [6.07, 6.45) is 4.59. The van der Waals surface area contributed by atoms with E-state index in [1.165, 1.54) is 6.07 Å². The quantitative estimate of drug-likeness (QED) is 0.822. The molecule has 1 aromatic heterocycles. The van der Waals surface area contributed by atoms with E-state index in [0.29, 0.717) is 17.8 Å². The lowest BCUT2D eigenvalue weighted by Gasteiger charge is -2.58. The lowest BCUT2D eigenvalue weighted by atomic mass is 9.52. The lowest BCUT2D eigenvalue weighted by Crippen LogP contribution is -2.61. The Hall–Kier alpha value is -1.20. The first-order valence-corrected chi connectivity index (χ1v) is 8.17. The number of aromatic nitrogens is 1. The molecule has 1 amide bonds. The molecule has 4 aliphatic rings. The molecule has 4 bridgehead atoms. The minimum atomic E-state index is -0.630. The fraction of sp³-hybridized carbons (Fsp3) is 0.625. The Morgan fingerprint density at radius 2 is 2.00 bits per heavy atom. The average molecular weight is 325 g/mol. The van der Waals surface area contributed by atoms with Gasteiger partial charge in [-0.05, 0) is 62.0 Å². The van der Waals surface area contributed by atoms with E-state index in [1.54, 1.807) is 0 Å². The molecule has 2 N–H and O–H groups in total. The number of rotatable bonds is 2. The fourth-order valence-corrected chi connectivity index (χ4v) is 5.14. The largest absolute Gasteiger partial charge is 0.390 e. The van der Waals surface area contributed by atoms with E-state index in [9.17, 15) is 14.3 Å². The van der Waals surface area contributed by atoms with Crippen molar-refractivity contribution in [2.24, 2.45) is 17.8 Å². The van der Waals surface area contributed by atoms with Crippen LogP contribution < -0.4 is 5.32 Å². The number of pyridine rings is 1. The summed E-state index contributed by atoms with van der Waals surface area (Å²) in [6, 6.07) is 2.58. The Balaban J connectivity index is 1.52. The number of hydrogen-bond acceptors (Lipinski definition) is 3. The lowest BCUT2D eigenvalue weighted by molar-refractivity contribution is -0.136. The zero-order chi connectivity index (χ0) is 15.5. The van der Waals surface area contributed by atoms with Gasteiger partial charge in [0.15, 0.2) is 11.0 Å². The monoisotopic (exact) mass is 324 g/mol. The van der Waals surface area contributed by atoms with Crippen LogP contribution >= 0.6 is 11.6 Å². The van der Waals surface area contributed by atoms with E-state index in [4.69, 9.17) is 11.6 Å². The minimum absolute atomic E-state index is 0.0787. The Bertz CT molecular complexity index is 623. The summed E-state index contributed by atoms with van der Waals surface area (Å²) in [7, 11) is 0. The third-order valence-corrected chi connectivity index (χ3v) is 5.84. The highest BCUT2D eigenvalue weighted by Gasteiger charge is 2.55. The van der Waals surface area contributed by atoms with Gasteiger partial charge in [-0.2, -0.15) is 0 Å². The van der Waals surface area contributed by atoms with Gasteiger partial charge in [-0.15, -0.1) is 0 Å². The van der Waals surface area contributed by atoms with Crippen molar-refractivity contribution in [2.45, 2.75) is 43.7 Å². The van der Waals surface area contributed by atoms with Gasteiger partial charge >= 0.3 is 0 Å². The normalized spacial score (nSPS) is 39.0. The molecular weight excluding hydrogens is 307 g/mol. The Morgan fingerprint density at radius 3 is 2.59 bits per heavy atom. The molecule has 118 valence electrons. The van der Waals surface area contributed by atoms with Crippen molar-refractivity contribution in [1.82, 2.24) is 10.3 Å². The van der Waals surface area contributed by atoms with Crippen LogP contribution in [0.25, 0.3) is 0 Å². The topological polar surface area (TPSA) is 62.2 Å². The number of halogens is 2. The maximum Gasteiger partial charge on any atom is 0.270 e. The van der Waals surface area contributed by atoms with Crippen LogP contribution in [0.4, 0.5) is 4.39 Å². The summed E-state index contributed by atoms with van der Waals surface area (Å²) in [5.41, 5.74) is -0.381. The first-order chi connectivity index (χ1) is 10.4. The molecule has 6 heteroatoms. The molecule has 22 heavy (non-hydrogen) atoms. The first-order valence-electron chi connectivity index (χ1n) is 7.79. The van der Waals surface area contributed by atoms with Gasteiger partial charge in [0.1, 0.15) is 5.69 Å². The molecule has 0 aliphatic heterocycles. The van der Waals surface area contributed by atoms with Gasteiger partial charge < -0.3 is 10.4 Å². The van der Waals surface area contributed by atoms with Crippen LogP contribution in [-0.4, -0.2) is 27.6 Å². The van der Waals surface area contributed by atoms with E-state index in [1.807, 2.05) is 0 Å². The van der Waals surface area contributed by atoms with Crippen molar-refractivity contribution in [3.8, 4) is 0 Å². The maximum absolute atomic E-state index is 13.1. The van der Waals surface area contributed by atoms with Gasteiger partial charge in [0.2, 0.25) is 0 Å². The zero-order valence-corrected chi connectivity index (χ0v) is 12.8. The van der Waals surface area contributed by atoms with Crippen LogP contribution in [0.3, 0.4) is 0 Å². The molecule has 4 saturated carbocycles. The molecule has 4 fully saturated rings. The number of amides is 1. The molecule has 1 heterocycles.